The van der Waals surface area contributed by atoms with Crippen LogP contribution in [0.25, 0.3) is 0 Å². The molecule has 0 bridgehead atoms. The van der Waals surface area contributed by atoms with Gasteiger partial charge in [0.15, 0.2) is 0 Å². The van der Waals surface area contributed by atoms with Gasteiger partial charge in [-0.3, -0.25) is 4.79 Å². The van der Waals surface area contributed by atoms with E-state index in [1.165, 1.54) is 0 Å². The largest absolute Gasteiger partial charge is 0.326 e. The summed E-state index contributed by atoms with van der Waals surface area (Å²) in [5, 5.41) is 21.4. The van der Waals surface area contributed by atoms with Gasteiger partial charge in [-0.05, 0) is 56.6 Å². The molecule has 1 aromatic carbocycles. The minimum Gasteiger partial charge on any atom is -0.326 e. The summed E-state index contributed by atoms with van der Waals surface area (Å²) in [6.45, 7) is 10.8. The van der Waals surface area contributed by atoms with Crippen LogP contribution in [0.15, 0.2) is 18.2 Å². The van der Waals surface area contributed by atoms with Crippen molar-refractivity contribution in [3.05, 3.63) is 41.0 Å². The number of hydrogen-bond donors (Lipinski definition) is 1. The monoisotopic (exact) mass is 421 g/mol. The van der Waals surface area contributed by atoms with Crippen LogP contribution in [0.3, 0.4) is 0 Å². The molecule has 6 nitrogen and oxygen atoms in total. The van der Waals surface area contributed by atoms with Gasteiger partial charge < -0.3 is 9.88 Å². The summed E-state index contributed by atoms with van der Waals surface area (Å²) < 4.78 is 2.23. The van der Waals surface area contributed by atoms with Crippen molar-refractivity contribution >= 4 is 11.6 Å². The molecule has 1 saturated carbocycles. The fraction of sp³-hybridized carbons (Fsp3) is 0.600. The van der Waals surface area contributed by atoms with E-state index in [-0.39, 0.29) is 24.7 Å². The molecule has 166 valence electrons. The number of carbonyl (C=O) groups excluding carboxylic acids is 1. The highest BCUT2D eigenvalue weighted by atomic mass is 16.1. The second-order valence-electron chi connectivity index (χ2n) is 10.1. The first kappa shape index (κ1) is 23.0. The fourth-order valence-corrected chi connectivity index (χ4v) is 4.04. The highest BCUT2D eigenvalue weighted by Gasteiger charge is 2.33. The van der Waals surface area contributed by atoms with Crippen LogP contribution < -0.4 is 5.32 Å². The summed E-state index contributed by atoms with van der Waals surface area (Å²) in [6, 6.07) is 8.64. The van der Waals surface area contributed by atoms with Crippen LogP contribution in [-0.2, 0) is 11.2 Å². The molecule has 6 heteroatoms. The van der Waals surface area contributed by atoms with Gasteiger partial charge in [0.05, 0.1) is 6.07 Å². The predicted molar refractivity (Wildman–Crippen MR) is 123 cm³/mol. The Morgan fingerprint density at radius 2 is 2.03 bits per heavy atom. The predicted octanol–water partition coefficient (Wildman–Crippen LogP) is 5.62. The molecule has 31 heavy (non-hydrogen) atoms. The summed E-state index contributed by atoms with van der Waals surface area (Å²) in [6.07, 6.45) is 5.79. The molecular formula is C25H35N5O. The first-order valence-corrected chi connectivity index (χ1v) is 11.4. The van der Waals surface area contributed by atoms with Gasteiger partial charge in [0.25, 0.3) is 0 Å². The Labute approximate surface area is 186 Å². The molecule has 0 spiro atoms. The third kappa shape index (κ3) is 6.40. The number of aryl methyl sites for hydroxylation is 3. The number of aromatic nitrogens is 3. The molecule has 0 aliphatic heterocycles. The lowest BCUT2D eigenvalue weighted by Gasteiger charge is -2.18. The summed E-state index contributed by atoms with van der Waals surface area (Å²) in [4.78, 5) is 12.8. The number of nitriles is 1. The van der Waals surface area contributed by atoms with Crippen molar-refractivity contribution in [1.82, 2.24) is 14.8 Å². The van der Waals surface area contributed by atoms with Crippen molar-refractivity contribution < 1.29 is 4.79 Å². The Balaban J connectivity index is 1.74. The maximum absolute atomic E-state index is 12.8. The second kappa shape index (κ2) is 9.64. The van der Waals surface area contributed by atoms with E-state index in [4.69, 9.17) is 0 Å². The topological polar surface area (TPSA) is 83.6 Å². The van der Waals surface area contributed by atoms with Crippen LogP contribution >= 0.6 is 0 Å². The van der Waals surface area contributed by atoms with Crippen molar-refractivity contribution in [2.24, 2.45) is 5.41 Å². The zero-order chi connectivity index (χ0) is 22.6. The average molecular weight is 422 g/mol. The Morgan fingerprint density at radius 1 is 1.29 bits per heavy atom. The third-order valence-electron chi connectivity index (χ3n) is 5.82. The number of hydrogen-bond acceptors (Lipinski definition) is 4. The summed E-state index contributed by atoms with van der Waals surface area (Å²) in [7, 11) is 0. The summed E-state index contributed by atoms with van der Waals surface area (Å²) in [5.74, 6) is 1.46. The molecule has 0 saturated heterocycles. The lowest BCUT2D eigenvalue weighted by Crippen LogP contribution is -2.19. The van der Waals surface area contributed by atoms with Crippen molar-refractivity contribution in [3.63, 3.8) is 0 Å². The molecule has 1 aliphatic carbocycles. The molecular weight excluding hydrogens is 386 g/mol. The summed E-state index contributed by atoms with van der Waals surface area (Å²) in [5.41, 5.74) is 3.31. The quantitative estimate of drug-likeness (QED) is 0.569. The molecule has 1 aromatic heterocycles. The van der Waals surface area contributed by atoms with Gasteiger partial charge in [0.2, 0.25) is 5.91 Å². The van der Waals surface area contributed by atoms with E-state index >= 15 is 0 Å². The molecule has 1 heterocycles. The Hall–Kier alpha value is -2.68. The van der Waals surface area contributed by atoms with Crippen molar-refractivity contribution in [1.29, 1.82) is 5.26 Å². The number of nitrogens with one attached hydrogen (secondary N) is 1. The Morgan fingerprint density at radius 3 is 2.65 bits per heavy atom. The highest BCUT2D eigenvalue weighted by Crippen LogP contribution is 2.39. The molecule has 1 atom stereocenters. The van der Waals surface area contributed by atoms with Gasteiger partial charge in [-0.2, -0.15) is 5.26 Å². The molecule has 1 N–H and O–H groups in total. The molecule has 1 unspecified atom stereocenters. The molecule has 1 amide bonds. The average Bonchev–Trinajstić information content (AvgIpc) is 3.42. The van der Waals surface area contributed by atoms with Gasteiger partial charge in [-0.1, -0.05) is 38.5 Å². The van der Waals surface area contributed by atoms with Crippen LogP contribution in [0.5, 0.6) is 0 Å². The van der Waals surface area contributed by atoms with Gasteiger partial charge in [0, 0.05) is 36.9 Å². The fourth-order valence-electron chi connectivity index (χ4n) is 4.04. The first-order valence-electron chi connectivity index (χ1n) is 11.4. The third-order valence-corrected chi connectivity index (χ3v) is 5.82. The number of carbonyl (C=O) groups is 1. The lowest BCUT2D eigenvalue weighted by atomic mass is 9.90. The molecule has 1 fully saturated rings. The van der Waals surface area contributed by atoms with Crippen LogP contribution in [0.4, 0.5) is 5.69 Å². The smallest absolute Gasteiger partial charge is 0.225 e. The van der Waals surface area contributed by atoms with Crippen LogP contribution in [0.1, 0.15) is 94.0 Å². The van der Waals surface area contributed by atoms with E-state index < -0.39 is 0 Å². The van der Waals surface area contributed by atoms with E-state index in [1.54, 1.807) is 0 Å². The minimum atomic E-state index is -0.250. The van der Waals surface area contributed by atoms with Crippen LogP contribution in [-0.4, -0.2) is 20.7 Å². The standard InChI is InChI=1S/C25H35N5O/c1-17-8-11-21(18(2)15-17)27-23(31)16-19(12-14-26)24-29-28-22(30(24)20-9-10-20)7-6-13-25(3,4)5/h8,11,15,19-20H,6-7,9-10,12-13,16H2,1-5H3,(H,27,31). The Kier molecular flexibility index (Phi) is 7.15. The van der Waals surface area contributed by atoms with E-state index in [9.17, 15) is 10.1 Å². The lowest BCUT2D eigenvalue weighted by molar-refractivity contribution is -0.116. The SMILES string of the molecule is Cc1ccc(NC(=O)CC(CC#N)c2nnc(CCCC(C)(C)C)n2C2CC2)c(C)c1. The molecule has 3 rings (SSSR count). The first-order chi connectivity index (χ1) is 14.7. The molecule has 0 radical (unpaired) electrons. The van der Waals surface area contributed by atoms with E-state index in [0.29, 0.717) is 11.5 Å². The molecule has 1 aliphatic rings. The van der Waals surface area contributed by atoms with Crippen molar-refractivity contribution in [3.8, 4) is 6.07 Å². The maximum Gasteiger partial charge on any atom is 0.225 e. The van der Waals surface area contributed by atoms with Gasteiger partial charge in [-0.25, -0.2) is 0 Å². The molecule has 2 aromatic rings. The van der Waals surface area contributed by atoms with E-state index in [0.717, 1.165) is 60.6 Å². The van der Waals surface area contributed by atoms with Gasteiger partial charge in [-0.15, -0.1) is 10.2 Å². The highest BCUT2D eigenvalue weighted by molar-refractivity contribution is 5.92. The summed E-state index contributed by atoms with van der Waals surface area (Å²) >= 11 is 0. The number of benzene rings is 1. The normalized spacial score (nSPS) is 14.8. The number of nitrogens with zero attached hydrogens (tertiary/aromatic N) is 4. The van der Waals surface area contributed by atoms with Crippen LogP contribution in [0.2, 0.25) is 0 Å². The van der Waals surface area contributed by atoms with E-state index in [1.807, 2.05) is 26.0 Å². The van der Waals surface area contributed by atoms with Crippen molar-refractivity contribution in [2.45, 2.75) is 91.5 Å². The number of rotatable bonds is 9. The van der Waals surface area contributed by atoms with Gasteiger partial charge in [0.1, 0.15) is 11.6 Å². The zero-order valence-electron chi connectivity index (χ0n) is 19.5. The minimum absolute atomic E-state index is 0.0909. The number of anilines is 1. The Bertz CT molecular complexity index is 959. The zero-order valence-corrected chi connectivity index (χ0v) is 19.5. The van der Waals surface area contributed by atoms with Crippen molar-refractivity contribution in [2.75, 3.05) is 5.32 Å². The van der Waals surface area contributed by atoms with E-state index in [2.05, 4.69) is 53.0 Å². The second-order valence-corrected chi connectivity index (χ2v) is 10.1. The maximum atomic E-state index is 12.8. The van der Waals surface area contributed by atoms with Crippen LogP contribution in [0, 0.1) is 30.6 Å². The van der Waals surface area contributed by atoms with Gasteiger partial charge >= 0.3 is 0 Å². The number of amides is 1.